The minimum atomic E-state index is -0.397. The predicted molar refractivity (Wildman–Crippen MR) is 94.1 cm³/mol. The largest absolute Gasteiger partial charge is 0.320 e. The number of aromatic amines is 1. The Labute approximate surface area is 146 Å². The molecular weight excluding hydrogens is 343 g/mol. The minimum absolute atomic E-state index is 0.282. The summed E-state index contributed by atoms with van der Waals surface area (Å²) >= 11 is 6.00. The Bertz CT molecular complexity index is 1140. The van der Waals surface area contributed by atoms with E-state index in [4.69, 9.17) is 11.6 Å². The van der Waals surface area contributed by atoms with E-state index in [0.717, 1.165) is 5.56 Å². The van der Waals surface area contributed by atoms with Gasteiger partial charge in [0.05, 0.1) is 6.33 Å². The topological polar surface area (TPSA) is 63.6 Å². The van der Waals surface area contributed by atoms with Gasteiger partial charge in [-0.25, -0.2) is 14.4 Å². The molecule has 0 saturated carbocycles. The zero-order valence-corrected chi connectivity index (χ0v) is 13.7. The summed E-state index contributed by atoms with van der Waals surface area (Å²) in [5.74, 6) is -0.114. The normalized spacial score (nSPS) is 11.1. The molecule has 2 aromatic heterocycles. The van der Waals surface area contributed by atoms with Crippen LogP contribution >= 0.6 is 11.6 Å². The molecule has 1 N–H and O–H groups in total. The van der Waals surface area contributed by atoms with E-state index in [0.29, 0.717) is 28.3 Å². The molecule has 0 amide bonds. The monoisotopic (exact) mass is 354 g/mol. The first-order valence-electron chi connectivity index (χ1n) is 7.56. The third-order valence-electron chi connectivity index (χ3n) is 3.82. The average molecular weight is 355 g/mol. The molecular formula is C18H12ClFN4O. The number of aromatic nitrogens is 4. The van der Waals surface area contributed by atoms with Crippen LogP contribution in [0, 0.1) is 5.82 Å². The number of rotatable bonds is 3. The minimum Gasteiger partial charge on any atom is -0.320 e. The van der Waals surface area contributed by atoms with E-state index >= 15 is 0 Å². The second kappa shape index (κ2) is 6.14. The van der Waals surface area contributed by atoms with Crippen molar-refractivity contribution in [3.63, 3.8) is 0 Å². The first-order chi connectivity index (χ1) is 12.1. The highest BCUT2D eigenvalue weighted by Gasteiger charge is 2.12. The van der Waals surface area contributed by atoms with E-state index in [-0.39, 0.29) is 11.4 Å². The van der Waals surface area contributed by atoms with Gasteiger partial charge in [-0.15, -0.1) is 0 Å². The molecule has 0 fully saturated rings. The number of H-pyrrole nitrogens is 1. The van der Waals surface area contributed by atoms with Crippen molar-refractivity contribution in [1.82, 2.24) is 19.5 Å². The summed E-state index contributed by atoms with van der Waals surface area (Å²) < 4.78 is 15.1. The lowest BCUT2D eigenvalue weighted by atomic mass is 10.2. The molecule has 0 radical (unpaired) electrons. The zero-order valence-electron chi connectivity index (χ0n) is 12.9. The van der Waals surface area contributed by atoms with Crippen LogP contribution in [-0.4, -0.2) is 19.5 Å². The predicted octanol–water partition coefficient (Wildman–Crippen LogP) is 3.63. The molecule has 25 heavy (non-hydrogen) atoms. The van der Waals surface area contributed by atoms with Gasteiger partial charge in [-0.3, -0.25) is 4.79 Å². The van der Waals surface area contributed by atoms with Gasteiger partial charge in [-0.2, -0.15) is 0 Å². The highest BCUT2D eigenvalue weighted by atomic mass is 35.5. The highest BCUT2D eigenvalue weighted by molar-refractivity contribution is 6.30. The smallest absolute Gasteiger partial charge is 0.277 e. The van der Waals surface area contributed by atoms with Gasteiger partial charge in [0.25, 0.3) is 5.56 Å². The van der Waals surface area contributed by atoms with E-state index in [1.165, 1.54) is 12.1 Å². The third-order valence-corrected chi connectivity index (χ3v) is 4.06. The summed E-state index contributed by atoms with van der Waals surface area (Å²) in [5, 5.41) is 0.627. The lowest BCUT2D eigenvalue weighted by Gasteiger charge is -2.05. The maximum atomic E-state index is 13.4. The van der Waals surface area contributed by atoms with Crippen LogP contribution in [0.5, 0.6) is 0 Å². The Morgan fingerprint density at radius 3 is 2.80 bits per heavy atom. The van der Waals surface area contributed by atoms with Crippen LogP contribution in [0.3, 0.4) is 0 Å². The molecule has 0 unspecified atom stereocenters. The lowest BCUT2D eigenvalue weighted by molar-refractivity contribution is 0.628. The fourth-order valence-corrected chi connectivity index (χ4v) is 2.92. The summed E-state index contributed by atoms with van der Waals surface area (Å²) in [6.45, 7) is 0.446. The SMILES string of the molecule is O=c1[nH]c(-c2cccc(F)c2)nc2ncn(Cc3cccc(Cl)c3)c12. The first kappa shape index (κ1) is 15.5. The van der Waals surface area contributed by atoms with Gasteiger partial charge in [0.15, 0.2) is 11.2 Å². The van der Waals surface area contributed by atoms with Crippen molar-refractivity contribution >= 4 is 22.8 Å². The Balaban J connectivity index is 1.78. The van der Waals surface area contributed by atoms with E-state index < -0.39 is 5.82 Å². The molecule has 0 aliphatic heterocycles. The van der Waals surface area contributed by atoms with E-state index in [2.05, 4.69) is 15.0 Å². The summed E-state index contributed by atoms with van der Waals surface area (Å²) in [6, 6.07) is 13.3. The summed E-state index contributed by atoms with van der Waals surface area (Å²) in [7, 11) is 0. The highest BCUT2D eigenvalue weighted by Crippen LogP contribution is 2.18. The Morgan fingerprint density at radius 1 is 1.16 bits per heavy atom. The van der Waals surface area contributed by atoms with Gasteiger partial charge >= 0.3 is 0 Å². The molecule has 0 bridgehead atoms. The molecule has 124 valence electrons. The average Bonchev–Trinajstić information content (AvgIpc) is 2.98. The fraction of sp³-hybridized carbons (Fsp3) is 0.0556. The van der Waals surface area contributed by atoms with Gasteiger partial charge in [-0.1, -0.05) is 35.9 Å². The zero-order chi connectivity index (χ0) is 17.4. The first-order valence-corrected chi connectivity index (χ1v) is 7.93. The summed E-state index contributed by atoms with van der Waals surface area (Å²) in [6.07, 6.45) is 1.56. The number of nitrogens with one attached hydrogen (secondary N) is 1. The standard InChI is InChI=1S/C18H12ClFN4O/c19-13-5-1-3-11(7-13)9-24-10-21-17-15(24)18(25)23-16(22-17)12-4-2-6-14(20)8-12/h1-8,10H,9H2,(H,22,23,25). The number of fused-ring (bicyclic) bond motifs is 1. The van der Waals surface area contributed by atoms with Crippen molar-refractivity contribution in [2.75, 3.05) is 0 Å². The van der Waals surface area contributed by atoms with Crippen LogP contribution < -0.4 is 5.56 Å². The number of halogens is 2. The van der Waals surface area contributed by atoms with Gasteiger partial charge in [-0.05, 0) is 29.8 Å². The second-order valence-electron chi connectivity index (χ2n) is 5.60. The molecule has 0 spiro atoms. The number of benzene rings is 2. The van der Waals surface area contributed by atoms with Crippen molar-refractivity contribution in [3.8, 4) is 11.4 Å². The van der Waals surface area contributed by atoms with Crippen molar-refractivity contribution in [2.24, 2.45) is 0 Å². The van der Waals surface area contributed by atoms with Crippen LogP contribution in [0.1, 0.15) is 5.56 Å². The lowest BCUT2D eigenvalue weighted by Crippen LogP contribution is -2.13. The van der Waals surface area contributed by atoms with Crippen molar-refractivity contribution in [3.05, 3.63) is 81.6 Å². The van der Waals surface area contributed by atoms with Crippen molar-refractivity contribution in [2.45, 2.75) is 6.54 Å². The number of nitrogens with zero attached hydrogens (tertiary/aromatic N) is 3. The number of hydrogen-bond acceptors (Lipinski definition) is 3. The maximum Gasteiger partial charge on any atom is 0.277 e. The molecule has 0 saturated heterocycles. The fourth-order valence-electron chi connectivity index (χ4n) is 2.71. The van der Waals surface area contributed by atoms with Gasteiger partial charge < -0.3 is 9.55 Å². The molecule has 7 heteroatoms. The molecule has 4 rings (SSSR count). The Hall–Kier alpha value is -2.99. The van der Waals surface area contributed by atoms with E-state index in [9.17, 15) is 9.18 Å². The van der Waals surface area contributed by atoms with Crippen molar-refractivity contribution < 1.29 is 4.39 Å². The van der Waals surface area contributed by atoms with Gasteiger partial charge in [0, 0.05) is 17.1 Å². The molecule has 2 heterocycles. The van der Waals surface area contributed by atoms with E-state index in [1.54, 1.807) is 29.1 Å². The Kier molecular flexibility index (Phi) is 3.82. The van der Waals surface area contributed by atoms with Gasteiger partial charge in [0.2, 0.25) is 0 Å². The summed E-state index contributed by atoms with van der Waals surface area (Å²) in [5.41, 5.74) is 1.78. The van der Waals surface area contributed by atoms with Crippen LogP contribution in [0.15, 0.2) is 59.7 Å². The maximum absolute atomic E-state index is 13.4. The van der Waals surface area contributed by atoms with Crippen LogP contribution in [-0.2, 0) is 6.54 Å². The molecule has 5 nitrogen and oxygen atoms in total. The molecule has 0 aliphatic rings. The number of hydrogen-bond donors (Lipinski definition) is 1. The second-order valence-corrected chi connectivity index (χ2v) is 6.04. The third kappa shape index (κ3) is 3.04. The van der Waals surface area contributed by atoms with Gasteiger partial charge in [0.1, 0.15) is 11.6 Å². The van der Waals surface area contributed by atoms with E-state index in [1.807, 2.05) is 18.2 Å². The quantitative estimate of drug-likeness (QED) is 0.611. The number of imidazole rings is 1. The van der Waals surface area contributed by atoms with Crippen LogP contribution in [0.2, 0.25) is 5.02 Å². The molecule has 0 aliphatic carbocycles. The molecule has 2 aromatic carbocycles. The van der Waals surface area contributed by atoms with Crippen LogP contribution in [0.25, 0.3) is 22.6 Å². The summed E-state index contributed by atoms with van der Waals surface area (Å²) in [4.78, 5) is 23.8. The van der Waals surface area contributed by atoms with Crippen molar-refractivity contribution in [1.29, 1.82) is 0 Å². The molecule has 0 atom stereocenters. The Morgan fingerprint density at radius 2 is 2.00 bits per heavy atom. The van der Waals surface area contributed by atoms with Crippen LogP contribution in [0.4, 0.5) is 4.39 Å². The molecule has 4 aromatic rings.